The summed E-state index contributed by atoms with van der Waals surface area (Å²) >= 11 is 0. The van der Waals surface area contributed by atoms with Gasteiger partial charge in [0.15, 0.2) is 0 Å². The van der Waals surface area contributed by atoms with E-state index in [1.807, 2.05) is 12.1 Å². The van der Waals surface area contributed by atoms with Crippen molar-refractivity contribution in [3.63, 3.8) is 0 Å². The lowest BCUT2D eigenvalue weighted by molar-refractivity contribution is 0.0295. The summed E-state index contributed by atoms with van der Waals surface area (Å²) in [5, 5.41) is 3.26. The minimum Gasteiger partial charge on any atom is -0.373 e. The molecule has 1 N–H and O–H groups in total. The summed E-state index contributed by atoms with van der Waals surface area (Å²) in [5.74, 6) is -0.154. The minimum atomic E-state index is -0.154. The van der Waals surface area contributed by atoms with Crippen molar-refractivity contribution in [2.24, 2.45) is 0 Å². The van der Waals surface area contributed by atoms with Gasteiger partial charge in [-0.1, -0.05) is 38.7 Å². The number of nitrogens with one attached hydrogen (secondary N) is 1. The Labute approximate surface area is 121 Å². The monoisotopic (exact) mass is 279 g/mol. The molecule has 0 saturated heterocycles. The molecule has 3 heteroatoms. The molecule has 0 bridgehead atoms. The topological polar surface area (TPSA) is 21.3 Å². The Bertz CT molecular complexity index is 400. The van der Waals surface area contributed by atoms with Gasteiger partial charge in [0.25, 0.3) is 0 Å². The first-order valence-corrected chi connectivity index (χ1v) is 7.89. The van der Waals surface area contributed by atoms with Gasteiger partial charge in [-0.25, -0.2) is 4.39 Å². The Hall–Kier alpha value is -0.930. The van der Waals surface area contributed by atoms with Gasteiger partial charge >= 0.3 is 0 Å². The van der Waals surface area contributed by atoms with E-state index in [4.69, 9.17) is 4.74 Å². The molecule has 112 valence electrons. The average Bonchev–Trinajstić information content (AvgIpc) is 2.73. The smallest absolute Gasteiger partial charge is 0.128 e. The van der Waals surface area contributed by atoms with Gasteiger partial charge in [0, 0.05) is 12.1 Å². The summed E-state index contributed by atoms with van der Waals surface area (Å²) in [6, 6.07) is 5.32. The predicted octanol–water partition coefficient (Wildman–Crippen LogP) is 4.17. The van der Waals surface area contributed by atoms with E-state index in [1.165, 1.54) is 25.7 Å². The Morgan fingerprint density at radius 1 is 1.20 bits per heavy atom. The van der Waals surface area contributed by atoms with E-state index < -0.39 is 0 Å². The molecule has 1 aliphatic rings. The van der Waals surface area contributed by atoms with Crippen LogP contribution in [0.5, 0.6) is 0 Å². The lowest BCUT2D eigenvalue weighted by Gasteiger charge is -2.16. The van der Waals surface area contributed by atoms with E-state index in [-0.39, 0.29) is 5.82 Å². The van der Waals surface area contributed by atoms with Crippen LogP contribution in [-0.2, 0) is 17.9 Å². The number of hydrogen-bond donors (Lipinski definition) is 1. The lowest BCUT2D eigenvalue weighted by Crippen LogP contribution is -2.14. The maximum atomic E-state index is 13.8. The van der Waals surface area contributed by atoms with Crippen LogP contribution in [0.4, 0.5) is 4.39 Å². The van der Waals surface area contributed by atoms with Crippen molar-refractivity contribution >= 4 is 0 Å². The molecule has 0 amide bonds. The van der Waals surface area contributed by atoms with E-state index in [0.29, 0.717) is 18.3 Å². The van der Waals surface area contributed by atoms with Crippen LogP contribution in [0.2, 0.25) is 0 Å². The highest BCUT2D eigenvalue weighted by Gasteiger charge is 2.13. The molecule has 0 aromatic heterocycles. The van der Waals surface area contributed by atoms with Crippen LogP contribution in [0.25, 0.3) is 0 Å². The molecule has 0 aliphatic heterocycles. The number of hydrogen-bond acceptors (Lipinski definition) is 2. The third-order valence-electron chi connectivity index (χ3n) is 3.97. The van der Waals surface area contributed by atoms with Gasteiger partial charge in [0.2, 0.25) is 0 Å². The number of halogens is 1. The second-order valence-electron chi connectivity index (χ2n) is 5.63. The van der Waals surface area contributed by atoms with Gasteiger partial charge < -0.3 is 10.1 Å². The van der Waals surface area contributed by atoms with Crippen molar-refractivity contribution in [3.05, 3.63) is 35.1 Å². The van der Waals surface area contributed by atoms with E-state index >= 15 is 0 Å². The molecule has 1 aromatic carbocycles. The van der Waals surface area contributed by atoms with Crippen molar-refractivity contribution in [2.75, 3.05) is 6.54 Å². The Morgan fingerprint density at radius 3 is 2.65 bits per heavy atom. The summed E-state index contributed by atoms with van der Waals surface area (Å²) in [5.41, 5.74) is 1.80. The van der Waals surface area contributed by atoms with Crippen LogP contribution in [-0.4, -0.2) is 12.6 Å². The molecule has 0 radical (unpaired) electrons. The highest BCUT2D eigenvalue weighted by atomic mass is 19.1. The fourth-order valence-corrected chi connectivity index (χ4v) is 2.73. The molecule has 2 nitrogen and oxygen atoms in total. The summed E-state index contributed by atoms with van der Waals surface area (Å²) in [6.45, 7) is 4.18. The fourth-order valence-electron chi connectivity index (χ4n) is 2.73. The molecule has 0 spiro atoms. The SMILES string of the molecule is CCNCc1ccc(F)c(COC2CCCCCC2)c1. The van der Waals surface area contributed by atoms with Gasteiger partial charge in [0.1, 0.15) is 5.82 Å². The number of ether oxygens (including phenoxy) is 1. The molecule has 2 rings (SSSR count). The molecular weight excluding hydrogens is 253 g/mol. The van der Waals surface area contributed by atoms with E-state index in [9.17, 15) is 4.39 Å². The minimum absolute atomic E-state index is 0.154. The van der Waals surface area contributed by atoms with Crippen molar-refractivity contribution in [1.29, 1.82) is 0 Å². The molecule has 1 fully saturated rings. The maximum absolute atomic E-state index is 13.8. The van der Waals surface area contributed by atoms with Gasteiger partial charge in [0.05, 0.1) is 12.7 Å². The molecule has 0 atom stereocenters. The molecule has 0 heterocycles. The highest BCUT2D eigenvalue weighted by Crippen LogP contribution is 2.21. The van der Waals surface area contributed by atoms with Gasteiger partial charge in [-0.2, -0.15) is 0 Å². The third kappa shape index (κ3) is 4.88. The zero-order chi connectivity index (χ0) is 14.2. The fraction of sp³-hybridized carbons (Fsp3) is 0.647. The summed E-state index contributed by atoms with van der Waals surface area (Å²) in [6.07, 6.45) is 7.67. The maximum Gasteiger partial charge on any atom is 0.128 e. The van der Waals surface area contributed by atoms with Crippen molar-refractivity contribution < 1.29 is 9.13 Å². The molecule has 1 saturated carbocycles. The molecule has 0 unspecified atom stereocenters. The molecule has 20 heavy (non-hydrogen) atoms. The second kappa shape index (κ2) is 8.38. The Morgan fingerprint density at radius 2 is 1.95 bits per heavy atom. The number of rotatable bonds is 6. The zero-order valence-corrected chi connectivity index (χ0v) is 12.5. The summed E-state index contributed by atoms with van der Waals surface area (Å²) < 4.78 is 19.8. The normalized spacial score (nSPS) is 17.1. The van der Waals surface area contributed by atoms with Crippen LogP contribution >= 0.6 is 0 Å². The standard InChI is InChI=1S/C17H26FNO/c1-2-19-12-14-9-10-17(18)15(11-14)13-20-16-7-5-3-4-6-8-16/h9-11,16,19H,2-8,12-13H2,1H3. The van der Waals surface area contributed by atoms with Crippen LogP contribution < -0.4 is 5.32 Å². The quantitative estimate of drug-likeness (QED) is 0.789. The van der Waals surface area contributed by atoms with Gasteiger partial charge in [-0.15, -0.1) is 0 Å². The van der Waals surface area contributed by atoms with Crippen LogP contribution in [0.3, 0.4) is 0 Å². The first-order valence-electron chi connectivity index (χ1n) is 7.89. The van der Waals surface area contributed by atoms with Crippen molar-refractivity contribution in [3.8, 4) is 0 Å². The first-order chi connectivity index (χ1) is 9.79. The Kier molecular flexibility index (Phi) is 6.48. The average molecular weight is 279 g/mol. The molecule has 1 aliphatic carbocycles. The lowest BCUT2D eigenvalue weighted by atomic mass is 10.1. The molecule has 1 aromatic rings. The third-order valence-corrected chi connectivity index (χ3v) is 3.97. The van der Waals surface area contributed by atoms with Gasteiger partial charge in [-0.05, 0) is 37.1 Å². The van der Waals surface area contributed by atoms with Crippen molar-refractivity contribution in [2.45, 2.75) is 64.7 Å². The van der Waals surface area contributed by atoms with Crippen molar-refractivity contribution in [1.82, 2.24) is 5.32 Å². The second-order valence-corrected chi connectivity index (χ2v) is 5.63. The van der Waals surface area contributed by atoms with E-state index in [2.05, 4.69) is 12.2 Å². The predicted molar refractivity (Wildman–Crippen MR) is 80.1 cm³/mol. The van der Waals surface area contributed by atoms with Gasteiger partial charge in [-0.3, -0.25) is 0 Å². The first kappa shape index (κ1) is 15.5. The van der Waals surface area contributed by atoms with E-state index in [0.717, 1.165) is 31.5 Å². The van der Waals surface area contributed by atoms with Crippen LogP contribution in [0.15, 0.2) is 18.2 Å². The Balaban J connectivity index is 1.90. The number of benzene rings is 1. The van der Waals surface area contributed by atoms with E-state index in [1.54, 1.807) is 6.07 Å². The van der Waals surface area contributed by atoms with Crippen LogP contribution in [0, 0.1) is 5.82 Å². The summed E-state index contributed by atoms with van der Waals surface area (Å²) in [4.78, 5) is 0. The van der Waals surface area contributed by atoms with Crippen LogP contribution in [0.1, 0.15) is 56.6 Å². The highest BCUT2D eigenvalue weighted by molar-refractivity contribution is 5.24. The largest absolute Gasteiger partial charge is 0.373 e. The summed E-state index contributed by atoms with van der Waals surface area (Å²) in [7, 11) is 0. The zero-order valence-electron chi connectivity index (χ0n) is 12.5. The molecular formula is C17H26FNO.